The highest BCUT2D eigenvalue weighted by Crippen LogP contribution is 2.53. The number of aromatic nitrogens is 2. The molecule has 1 spiro atoms. The first-order valence-corrected chi connectivity index (χ1v) is 10.1. The number of rotatable bonds is 3. The molecule has 1 aromatic heterocycles. The van der Waals surface area contributed by atoms with Crippen LogP contribution in [0.4, 0.5) is 6.01 Å². The van der Waals surface area contributed by atoms with Crippen molar-refractivity contribution in [2.75, 3.05) is 25.0 Å². The van der Waals surface area contributed by atoms with E-state index in [1.807, 2.05) is 11.8 Å². The molecular formula is C21H28N4O3. The maximum absolute atomic E-state index is 12.2. The number of fused-ring (bicyclic) bond motifs is 1. The predicted octanol–water partition coefficient (Wildman–Crippen LogP) is 3.03. The highest BCUT2D eigenvalue weighted by molar-refractivity contribution is 5.83. The van der Waals surface area contributed by atoms with Gasteiger partial charge in [-0.25, -0.2) is 0 Å². The van der Waals surface area contributed by atoms with Gasteiger partial charge in [0.15, 0.2) is 0 Å². The highest BCUT2D eigenvalue weighted by Gasteiger charge is 2.45. The third-order valence-electron chi connectivity index (χ3n) is 6.06. The van der Waals surface area contributed by atoms with Crippen molar-refractivity contribution in [2.45, 2.75) is 51.7 Å². The zero-order valence-electron chi connectivity index (χ0n) is 16.4. The summed E-state index contributed by atoms with van der Waals surface area (Å²) in [5.74, 6) is 0.115. The van der Waals surface area contributed by atoms with Crippen LogP contribution in [0.5, 0.6) is 0 Å². The summed E-state index contributed by atoms with van der Waals surface area (Å²) in [6.45, 7) is 5.28. The van der Waals surface area contributed by atoms with E-state index in [0.29, 0.717) is 11.4 Å². The number of carbonyl (C=O) groups excluding carboxylic acids is 1. The number of hydrogen-bond donors (Lipinski definition) is 1. The molecule has 1 saturated carbocycles. The minimum absolute atomic E-state index is 0.115. The van der Waals surface area contributed by atoms with Crippen molar-refractivity contribution in [2.24, 2.45) is 5.41 Å². The first-order valence-electron chi connectivity index (χ1n) is 10.1. The van der Waals surface area contributed by atoms with Gasteiger partial charge in [0.05, 0.1) is 13.2 Å². The number of amides is 1. The van der Waals surface area contributed by atoms with Crippen LogP contribution in [0.25, 0.3) is 0 Å². The lowest BCUT2D eigenvalue weighted by Crippen LogP contribution is -2.45. The van der Waals surface area contributed by atoms with E-state index >= 15 is 0 Å². The first kappa shape index (κ1) is 18.9. The van der Waals surface area contributed by atoms with Gasteiger partial charge in [-0.2, -0.15) is 0 Å². The van der Waals surface area contributed by atoms with Crippen LogP contribution >= 0.6 is 0 Å². The topological polar surface area (TPSA) is 80.5 Å². The molecule has 1 N–H and O–H groups in total. The number of hydrogen-bond acceptors (Lipinski definition) is 6. The fourth-order valence-electron chi connectivity index (χ4n) is 3.94. The van der Waals surface area contributed by atoms with Crippen molar-refractivity contribution in [3.8, 4) is 0 Å². The lowest BCUT2D eigenvalue weighted by atomic mass is 9.93. The second-order valence-corrected chi connectivity index (χ2v) is 8.01. The van der Waals surface area contributed by atoms with E-state index in [0.717, 1.165) is 45.6 Å². The Hall–Kier alpha value is -2.41. The Morgan fingerprint density at radius 3 is 2.57 bits per heavy atom. The largest absolute Gasteiger partial charge is 0.411 e. The van der Waals surface area contributed by atoms with Crippen LogP contribution in [0, 0.1) is 5.41 Å². The number of anilines is 1. The number of nitrogens with one attached hydrogen (secondary N) is 1. The molecule has 1 aliphatic carbocycles. The fraction of sp³-hybridized carbons (Fsp3) is 0.571. The molecule has 0 radical (unpaired) electrons. The third kappa shape index (κ3) is 4.52. The predicted molar refractivity (Wildman–Crippen MR) is 105 cm³/mol. The first-order chi connectivity index (χ1) is 13.7. The van der Waals surface area contributed by atoms with Crippen LogP contribution in [0.2, 0.25) is 0 Å². The Morgan fingerprint density at radius 2 is 1.93 bits per heavy atom. The highest BCUT2D eigenvalue weighted by atomic mass is 16.5. The SMILES string of the molecule is CC(Nc1nnco1)C(=O)N1CCC2(CC1)CC2.c1ccc2c(c1)CCOC2. The van der Waals surface area contributed by atoms with Crippen molar-refractivity contribution < 1.29 is 13.9 Å². The molecule has 1 atom stereocenters. The zero-order chi connectivity index (χ0) is 19.4. The van der Waals surface area contributed by atoms with E-state index in [2.05, 4.69) is 39.8 Å². The Balaban J connectivity index is 0.000000162. The number of carbonyl (C=O) groups is 1. The van der Waals surface area contributed by atoms with Crippen LogP contribution in [-0.4, -0.2) is 46.7 Å². The molecule has 1 aromatic carbocycles. The standard InChI is InChI=1S/C12H18N4O2.C9H10O/c1-9(14-11-15-13-8-18-11)10(17)16-6-4-12(2-3-12)5-7-16;1-2-4-9-7-10-6-5-8(9)3-1/h8-9H,2-7H2,1H3,(H,14,15);1-4H,5-7H2. The minimum Gasteiger partial charge on any atom is -0.411 e. The zero-order valence-corrected chi connectivity index (χ0v) is 16.4. The lowest BCUT2D eigenvalue weighted by Gasteiger charge is -2.33. The van der Waals surface area contributed by atoms with Crippen LogP contribution < -0.4 is 5.32 Å². The summed E-state index contributed by atoms with van der Waals surface area (Å²) in [7, 11) is 0. The summed E-state index contributed by atoms with van der Waals surface area (Å²) in [6.07, 6.45) is 7.35. The molecule has 3 heterocycles. The quantitative estimate of drug-likeness (QED) is 0.876. The van der Waals surface area contributed by atoms with Gasteiger partial charge in [0, 0.05) is 13.1 Å². The molecular weight excluding hydrogens is 356 g/mol. The Kier molecular flexibility index (Phi) is 5.62. The summed E-state index contributed by atoms with van der Waals surface area (Å²) in [6, 6.07) is 8.44. The second kappa shape index (κ2) is 8.31. The van der Waals surface area contributed by atoms with Crippen LogP contribution in [0.1, 0.15) is 43.7 Å². The third-order valence-corrected chi connectivity index (χ3v) is 6.06. The Bertz CT molecular complexity index is 754. The van der Waals surface area contributed by atoms with E-state index < -0.39 is 0 Å². The molecule has 3 aliphatic rings. The van der Waals surface area contributed by atoms with Crippen molar-refractivity contribution in [1.29, 1.82) is 0 Å². The molecule has 28 heavy (non-hydrogen) atoms. The normalized spacial score (nSPS) is 20.5. The van der Waals surface area contributed by atoms with Gasteiger partial charge in [-0.15, -0.1) is 5.10 Å². The van der Waals surface area contributed by atoms with Crippen molar-refractivity contribution in [3.05, 3.63) is 41.8 Å². The molecule has 5 rings (SSSR count). The van der Waals surface area contributed by atoms with Crippen molar-refractivity contribution in [1.82, 2.24) is 15.1 Å². The van der Waals surface area contributed by atoms with Gasteiger partial charge in [-0.3, -0.25) is 4.79 Å². The molecule has 7 heteroatoms. The number of piperidine rings is 1. The van der Waals surface area contributed by atoms with Gasteiger partial charge < -0.3 is 19.4 Å². The van der Waals surface area contributed by atoms with Gasteiger partial charge in [-0.05, 0) is 55.6 Å². The van der Waals surface area contributed by atoms with E-state index in [9.17, 15) is 4.79 Å². The monoisotopic (exact) mass is 384 g/mol. The molecule has 2 aliphatic heterocycles. The number of benzene rings is 1. The average molecular weight is 384 g/mol. The molecule has 7 nitrogen and oxygen atoms in total. The smallest absolute Gasteiger partial charge is 0.315 e. The maximum atomic E-state index is 12.2. The van der Waals surface area contributed by atoms with Gasteiger partial charge >= 0.3 is 6.01 Å². The van der Waals surface area contributed by atoms with Crippen LogP contribution in [-0.2, 0) is 22.6 Å². The van der Waals surface area contributed by atoms with Gasteiger partial charge in [0.1, 0.15) is 6.04 Å². The summed E-state index contributed by atoms with van der Waals surface area (Å²) in [4.78, 5) is 14.2. The van der Waals surface area contributed by atoms with E-state index in [4.69, 9.17) is 9.15 Å². The molecule has 150 valence electrons. The van der Waals surface area contributed by atoms with Crippen LogP contribution in [0.3, 0.4) is 0 Å². The molecule has 1 unspecified atom stereocenters. The summed E-state index contributed by atoms with van der Waals surface area (Å²) in [5.41, 5.74) is 3.41. The van der Waals surface area contributed by atoms with E-state index in [1.165, 1.54) is 30.4 Å². The van der Waals surface area contributed by atoms with Gasteiger partial charge in [0.25, 0.3) is 0 Å². The fourth-order valence-corrected chi connectivity index (χ4v) is 3.94. The van der Waals surface area contributed by atoms with E-state index in [-0.39, 0.29) is 11.9 Å². The van der Waals surface area contributed by atoms with Gasteiger partial charge in [-0.1, -0.05) is 29.4 Å². The summed E-state index contributed by atoms with van der Waals surface area (Å²) < 4.78 is 10.3. The molecule has 2 aromatic rings. The van der Waals surface area contributed by atoms with Crippen LogP contribution in [0.15, 0.2) is 35.1 Å². The number of nitrogens with zero attached hydrogens (tertiary/aromatic N) is 3. The lowest BCUT2D eigenvalue weighted by molar-refractivity contribution is -0.133. The van der Waals surface area contributed by atoms with E-state index in [1.54, 1.807) is 0 Å². The second-order valence-electron chi connectivity index (χ2n) is 8.01. The Morgan fingerprint density at radius 1 is 1.18 bits per heavy atom. The summed E-state index contributed by atoms with van der Waals surface area (Å²) >= 11 is 0. The number of ether oxygens (including phenoxy) is 1. The average Bonchev–Trinajstić information content (AvgIpc) is 3.29. The molecule has 2 fully saturated rings. The summed E-state index contributed by atoms with van der Waals surface area (Å²) in [5, 5.41) is 10.2. The van der Waals surface area contributed by atoms with Gasteiger partial charge in [0.2, 0.25) is 12.3 Å². The van der Waals surface area contributed by atoms with Crippen molar-refractivity contribution in [3.63, 3.8) is 0 Å². The maximum Gasteiger partial charge on any atom is 0.315 e. The van der Waals surface area contributed by atoms with Crippen molar-refractivity contribution >= 4 is 11.9 Å². The molecule has 0 bridgehead atoms. The number of likely N-dealkylation sites (tertiary alicyclic amines) is 1. The molecule has 1 saturated heterocycles. The molecule has 1 amide bonds. The minimum atomic E-state index is -0.321. The Labute approximate surface area is 165 Å².